The number of fused-ring (bicyclic) bond motifs is 1. The van der Waals surface area contributed by atoms with Gasteiger partial charge in [-0.05, 0) is 13.1 Å². The maximum Gasteiger partial charge on any atom is 0.213 e. The van der Waals surface area contributed by atoms with Crippen LogP contribution in [0.2, 0.25) is 0 Å². The Morgan fingerprint density at radius 2 is 2.17 bits per heavy atom. The fourth-order valence-corrected chi connectivity index (χ4v) is 3.25. The highest BCUT2D eigenvalue weighted by atomic mass is 32.2. The van der Waals surface area contributed by atoms with Gasteiger partial charge in [-0.15, -0.1) is 0 Å². The Bertz CT molecular complexity index is 502. The zero-order chi connectivity index (χ0) is 13.0. The molecule has 2 rings (SSSR count). The number of para-hydroxylation sites is 1. The van der Waals surface area contributed by atoms with Gasteiger partial charge in [0, 0.05) is 18.5 Å². The summed E-state index contributed by atoms with van der Waals surface area (Å²) in [6.07, 6.45) is 0.662. The molecule has 0 aliphatic carbocycles. The first-order chi connectivity index (χ1) is 8.62. The van der Waals surface area contributed by atoms with Crippen molar-refractivity contribution in [1.82, 2.24) is 10.0 Å². The minimum Gasteiger partial charge on any atom is -0.493 e. The van der Waals surface area contributed by atoms with Crippen LogP contribution in [-0.4, -0.2) is 34.4 Å². The molecule has 1 atom stereocenters. The van der Waals surface area contributed by atoms with E-state index in [1.807, 2.05) is 24.3 Å². The van der Waals surface area contributed by atoms with Crippen molar-refractivity contribution in [3.05, 3.63) is 29.8 Å². The predicted octanol–water partition coefficient (Wildman–Crippen LogP) is 0.649. The second-order valence-corrected chi connectivity index (χ2v) is 6.14. The van der Waals surface area contributed by atoms with Gasteiger partial charge in [0.15, 0.2) is 0 Å². The Kier molecular flexibility index (Phi) is 4.21. The van der Waals surface area contributed by atoms with Crippen LogP contribution in [-0.2, 0) is 10.0 Å². The Labute approximate surface area is 108 Å². The standard InChI is InChI=1S/C12H18N2O3S/c1-13-7-9-18(15,16)14-11-6-8-17-12-5-3-2-4-10(11)12/h2-5,11,13-14H,6-9H2,1H3. The average molecular weight is 270 g/mol. The quantitative estimate of drug-likeness (QED) is 0.824. The van der Waals surface area contributed by atoms with Crippen molar-refractivity contribution in [2.45, 2.75) is 12.5 Å². The fraction of sp³-hybridized carbons (Fsp3) is 0.500. The van der Waals surface area contributed by atoms with Crippen molar-refractivity contribution in [2.24, 2.45) is 0 Å². The first kappa shape index (κ1) is 13.3. The second-order valence-electron chi connectivity index (χ2n) is 4.27. The van der Waals surface area contributed by atoms with E-state index in [-0.39, 0.29) is 11.8 Å². The molecular weight excluding hydrogens is 252 g/mol. The lowest BCUT2D eigenvalue weighted by atomic mass is 10.0. The van der Waals surface area contributed by atoms with E-state index in [1.165, 1.54) is 0 Å². The first-order valence-electron chi connectivity index (χ1n) is 5.99. The van der Waals surface area contributed by atoms with E-state index in [0.29, 0.717) is 19.6 Å². The van der Waals surface area contributed by atoms with Crippen LogP contribution in [0.5, 0.6) is 5.75 Å². The zero-order valence-electron chi connectivity index (χ0n) is 10.3. The molecule has 0 amide bonds. The van der Waals surface area contributed by atoms with Crippen molar-refractivity contribution in [1.29, 1.82) is 0 Å². The summed E-state index contributed by atoms with van der Waals surface area (Å²) in [5.41, 5.74) is 0.914. The lowest BCUT2D eigenvalue weighted by Gasteiger charge is -2.26. The summed E-state index contributed by atoms with van der Waals surface area (Å²) in [5.74, 6) is 0.855. The summed E-state index contributed by atoms with van der Waals surface area (Å²) in [6, 6.07) is 7.36. The topological polar surface area (TPSA) is 67.4 Å². The molecule has 1 aromatic carbocycles. The average Bonchev–Trinajstić information content (AvgIpc) is 2.37. The van der Waals surface area contributed by atoms with Gasteiger partial charge in [0.1, 0.15) is 5.75 Å². The number of hydrogen-bond donors (Lipinski definition) is 2. The van der Waals surface area contributed by atoms with Crippen molar-refractivity contribution in [3.63, 3.8) is 0 Å². The summed E-state index contributed by atoms with van der Waals surface area (Å²) in [4.78, 5) is 0. The zero-order valence-corrected chi connectivity index (χ0v) is 11.2. The highest BCUT2D eigenvalue weighted by Crippen LogP contribution is 2.31. The molecule has 1 unspecified atom stereocenters. The molecule has 0 aromatic heterocycles. The molecular formula is C12H18N2O3S. The van der Waals surface area contributed by atoms with E-state index in [4.69, 9.17) is 4.74 Å². The van der Waals surface area contributed by atoms with Crippen LogP contribution in [0.15, 0.2) is 24.3 Å². The van der Waals surface area contributed by atoms with Gasteiger partial charge >= 0.3 is 0 Å². The third-order valence-corrected chi connectivity index (χ3v) is 4.29. The van der Waals surface area contributed by atoms with Gasteiger partial charge in [0.2, 0.25) is 10.0 Å². The number of benzene rings is 1. The monoisotopic (exact) mass is 270 g/mol. The smallest absolute Gasteiger partial charge is 0.213 e. The van der Waals surface area contributed by atoms with E-state index in [2.05, 4.69) is 10.0 Å². The first-order valence-corrected chi connectivity index (χ1v) is 7.64. The normalized spacial score (nSPS) is 19.1. The highest BCUT2D eigenvalue weighted by Gasteiger charge is 2.24. The van der Waals surface area contributed by atoms with Crippen LogP contribution in [0.4, 0.5) is 0 Å². The van der Waals surface area contributed by atoms with Crippen LogP contribution in [0.3, 0.4) is 0 Å². The van der Waals surface area contributed by atoms with Crippen LogP contribution < -0.4 is 14.8 Å². The molecule has 2 N–H and O–H groups in total. The van der Waals surface area contributed by atoms with Crippen LogP contribution in [0.25, 0.3) is 0 Å². The predicted molar refractivity (Wildman–Crippen MR) is 70.1 cm³/mol. The third kappa shape index (κ3) is 3.22. The SMILES string of the molecule is CNCCS(=O)(=O)NC1CCOc2ccccc21. The summed E-state index contributed by atoms with van der Waals surface area (Å²) in [7, 11) is -1.52. The molecule has 0 bridgehead atoms. The largest absolute Gasteiger partial charge is 0.493 e. The van der Waals surface area contributed by atoms with Crippen molar-refractivity contribution >= 4 is 10.0 Å². The summed E-state index contributed by atoms with van der Waals surface area (Å²) < 4.78 is 32.0. The Morgan fingerprint density at radius 3 is 2.94 bits per heavy atom. The second kappa shape index (κ2) is 5.69. The number of ether oxygens (including phenoxy) is 1. The molecule has 1 heterocycles. The van der Waals surface area contributed by atoms with Gasteiger partial charge in [-0.25, -0.2) is 13.1 Å². The molecule has 1 aliphatic rings. The summed E-state index contributed by atoms with van der Waals surface area (Å²) in [5, 5.41) is 2.84. The van der Waals surface area contributed by atoms with Gasteiger partial charge in [0.05, 0.1) is 18.4 Å². The van der Waals surface area contributed by atoms with Crippen LogP contribution in [0.1, 0.15) is 18.0 Å². The van der Waals surface area contributed by atoms with E-state index in [1.54, 1.807) is 7.05 Å². The van der Waals surface area contributed by atoms with Crippen LogP contribution >= 0.6 is 0 Å². The Morgan fingerprint density at radius 1 is 1.39 bits per heavy atom. The molecule has 5 nitrogen and oxygen atoms in total. The lowest BCUT2D eigenvalue weighted by Crippen LogP contribution is -2.36. The molecule has 100 valence electrons. The molecule has 0 radical (unpaired) electrons. The van der Waals surface area contributed by atoms with Crippen molar-refractivity contribution in [2.75, 3.05) is 26.0 Å². The van der Waals surface area contributed by atoms with Gasteiger partial charge in [0.25, 0.3) is 0 Å². The molecule has 0 spiro atoms. The molecule has 0 saturated heterocycles. The Balaban J connectivity index is 2.12. The number of nitrogens with one attached hydrogen (secondary N) is 2. The highest BCUT2D eigenvalue weighted by molar-refractivity contribution is 7.89. The maximum absolute atomic E-state index is 11.9. The summed E-state index contributed by atoms with van der Waals surface area (Å²) >= 11 is 0. The van der Waals surface area contributed by atoms with Gasteiger partial charge in [-0.2, -0.15) is 0 Å². The number of rotatable bonds is 5. The van der Waals surface area contributed by atoms with E-state index >= 15 is 0 Å². The van der Waals surface area contributed by atoms with Gasteiger partial charge in [-0.3, -0.25) is 0 Å². The van der Waals surface area contributed by atoms with E-state index in [9.17, 15) is 8.42 Å². The molecule has 0 saturated carbocycles. The number of sulfonamides is 1. The fourth-order valence-electron chi connectivity index (χ4n) is 1.98. The number of hydrogen-bond acceptors (Lipinski definition) is 4. The maximum atomic E-state index is 11.9. The third-order valence-electron chi connectivity index (χ3n) is 2.90. The lowest BCUT2D eigenvalue weighted by molar-refractivity contribution is 0.263. The van der Waals surface area contributed by atoms with E-state index in [0.717, 1.165) is 11.3 Å². The molecule has 1 aliphatic heterocycles. The van der Waals surface area contributed by atoms with Crippen molar-refractivity contribution in [3.8, 4) is 5.75 Å². The van der Waals surface area contributed by atoms with Crippen molar-refractivity contribution < 1.29 is 13.2 Å². The molecule has 6 heteroatoms. The van der Waals surface area contributed by atoms with Gasteiger partial charge in [-0.1, -0.05) is 18.2 Å². The van der Waals surface area contributed by atoms with E-state index < -0.39 is 10.0 Å². The molecule has 0 fully saturated rings. The van der Waals surface area contributed by atoms with Gasteiger partial charge < -0.3 is 10.1 Å². The minimum absolute atomic E-state index is 0.0863. The molecule has 18 heavy (non-hydrogen) atoms. The molecule has 1 aromatic rings. The van der Waals surface area contributed by atoms with Crippen LogP contribution in [0, 0.1) is 0 Å². The Hall–Kier alpha value is -1.11. The minimum atomic E-state index is -3.25. The summed E-state index contributed by atoms with van der Waals surface area (Å²) in [6.45, 7) is 0.983.